The van der Waals surface area contributed by atoms with Gasteiger partial charge in [-0.15, -0.1) is 0 Å². The molecule has 1 aromatic heterocycles. The van der Waals surface area contributed by atoms with Crippen molar-refractivity contribution in [3.63, 3.8) is 0 Å². The number of sulfonamides is 1. The number of aromatic amines is 1. The van der Waals surface area contributed by atoms with Crippen molar-refractivity contribution in [3.05, 3.63) is 47.9 Å². The summed E-state index contributed by atoms with van der Waals surface area (Å²) in [6.07, 6.45) is 2.65. The highest BCUT2D eigenvalue weighted by molar-refractivity contribution is 9.09. The summed E-state index contributed by atoms with van der Waals surface area (Å²) in [5.41, 5.74) is 1.09. The van der Waals surface area contributed by atoms with E-state index in [1.54, 1.807) is 0 Å². The number of aryl methyl sites for hydroxylation is 1. The zero-order valence-corrected chi connectivity index (χ0v) is 14.1. The molecule has 0 bridgehead atoms. The fraction of sp³-hybridized carbons (Fsp3) is 0.357. The van der Waals surface area contributed by atoms with Crippen LogP contribution in [0.4, 0.5) is 0 Å². The van der Waals surface area contributed by atoms with Crippen LogP contribution < -0.4 is 4.72 Å². The normalized spacial score (nSPS) is 13.2. The van der Waals surface area contributed by atoms with Gasteiger partial charge >= 0.3 is 0 Å². The Labute approximate surface area is 133 Å². The maximum Gasteiger partial charge on any atom is 0.257 e. The predicted molar refractivity (Wildman–Crippen MR) is 86.0 cm³/mol. The van der Waals surface area contributed by atoms with E-state index in [4.69, 9.17) is 0 Å². The third-order valence-corrected chi connectivity index (χ3v) is 5.27. The molecule has 0 aliphatic heterocycles. The molecule has 0 amide bonds. The average molecular weight is 372 g/mol. The van der Waals surface area contributed by atoms with Crippen molar-refractivity contribution in [1.29, 1.82) is 0 Å². The summed E-state index contributed by atoms with van der Waals surface area (Å²) in [4.78, 5) is 6.85. The molecular weight excluding hydrogens is 354 g/mol. The lowest BCUT2D eigenvalue weighted by Gasteiger charge is -2.15. The van der Waals surface area contributed by atoms with Gasteiger partial charge in [0.2, 0.25) is 0 Å². The van der Waals surface area contributed by atoms with E-state index in [1.165, 1.54) is 6.20 Å². The molecule has 1 aromatic carbocycles. The van der Waals surface area contributed by atoms with Crippen LogP contribution in [0.5, 0.6) is 0 Å². The Kier molecular flexibility index (Phi) is 5.55. The number of benzene rings is 1. The average Bonchev–Trinajstić information content (AvgIpc) is 2.97. The third kappa shape index (κ3) is 4.39. The van der Waals surface area contributed by atoms with Crippen molar-refractivity contribution in [3.8, 4) is 0 Å². The second-order valence-corrected chi connectivity index (χ2v) is 7.04. The number of halogens is 1. The predicted octanol–water partition coefficient (Wildman–Crippen LogP) is 2.26. The summed E-state index contributed by atoms with van der Waals surface area (Å²) in [5, 5.41) is 0.647. The van der Waals surface area contributed by atoms with Gasteiger partial charge in [0.15, 0.2) is 5.03 Å². The van der Waals surface area contributed by atoms with Crippen molar-refractivity contribution >= 4 is 26.0 Å². The highest BCUT2D eigenvalue weighted by Crippen LogP contribution is 2.11. The van der Waals surface area contributed by atoms with E-state index in [0.717, 1.165) is 5.56 Å². The first-order chi connectivity index (χ1) is 10.0. The molecule has 0 radical (unpaired) electrons. The monoisotopic (exact) mass is 371 g/mol. The van der Waals surface area contributed by atoms with Crippen molar-refractivity contribution in [2.75, 3.05) is 5.33 Å². The summed E-state index contributed by atoms with van der Waals surface area (Å²) in [6, 6.07) is 9.57. The number of imidazole rings is 1. The quantitative estimate of drug-likeness (QED) is 0.732. The van der Waals surface area contributed by atoms with Crippen LogP contribution in [0.2, 0.25) is 0 Å². The zero-order valence-electron chi connectivity index (χ0n) is 11.7. The second kappa shape index (κ2) is 7.20. The molecule has 5 nitrogen and oxygen atoms in total. The van der Waals surface area contributed by atoms with Crippen molar-refractivity contribution < 1.29 is 8.42 Å². The van der Waals surface area contributed by atoms with Crippen molar-refractivity contribution in [2.45, 2.75) is 30.8 Å². The Balaban J connectivity index is 2.10. The van der Waals surface area contributed by atoms with Gasteiger partial charge in [-0.05, 0) is 12.0 Å². The lowest BCUT2D eigenvalue weighted by Crippen LogP contribution is -2.37. The number of nitrogens with one attached hydrogen (secondary N) is 2. The first-order valence-corrected chi connectivity index (χ1v) is 9.31. The van der Waals surface area contributed by atoms with E-state index in [0.29, 0.717) is 24.0 Å². The molecule has 1 heterocycles. The minimum Gasteiger partial charge on any atom is -0.332 e. The summed E-state index contributed by atoms with van der Waals surface area (Å²) < 4.78 is 27.3. The molecule has 114 valence electrons. The molecule has 0 aliphatic carbocycles. The zero-order chi connectivity index (χ0) is 15.3. The lowest BCUT2D eigenvalue weighted by atomic mass is 10.1. The molecule has 0 saturated heterocycles. The smallest absolute Gasteiger partial charge is 0.257 e. The number of H-pyrrole nitrogens is 1. The van der Waals surface area contributed by atoms with E-state index in [2.05, 4.69) is 30.6 Å². The second-order valence-electron chi connectivity index (χ2n) is 4.71. The van der Waals surface area contributed by atoms with Crippen LogP contribution in [0.25, 0.3) is 0 Å². The van der Waals surface area contributed by atoms with Gasteiger partial charge in [-0.1, -0.05) is 53.2 Å². The van der Waals surface area contributed by atoms with Crippen LogP contribution in [-0.2, 0) is 22.9 Å². The molecule has 7 heteroatoms. The van der Waals surface area contributed by atoms with E-state index < -0.39 is 10.0 Å². The molecule has 0 saturated carbocycles. The number of hydrogen-bond acceptors (Lipinski definition) is 3. The van der Waals surface area contributed by atoms with Gasteiger partial charge in [0.05, 0.1) is 6.20 Å². The molecule has 1 unspecified atom stereocenters. The highest BCUT2D eigenvalue weighted by atomic mass is 79.9. The molecule has 0 aliphatic rings. The Morgan fingerprint density at radius 1 is 1.33 bits per heavy atom. The number of rotatable bonds is 7. The van der Waals surface area contributed by atoms with Crippen molar-refractivity contribution in [1.82, 2.24) is 14.7 Å². The van der Waals surface area contributed by atoms with Gasteiger partial charge in [0, 0.05) is 17.8 Å². The van der Waals surface area contributed by atoms with E-state index in [1.807, 2.05) is 37.3 Å². The van der Waals surface area contributed by atoms with Crippen LogP contribution in [0.1, 0.15) is 18.3 Å². The summed E-state index contributed by atoms with van der Waals surface area (Å²) in [6.45, 7) is 1.92. The minimum absolute atomic E-state index is 0.110. The number of nitrogens with zero attached hydrogens (tertiary/aromatic N) is 1. The molecule has 0 spiro atoms. The van der Waals surface area contributed by atoms with Crippen molar-refractivity contribution in [2.24, 2.45) is 0 Å². The van der Waals surface area contributed by atoms with E-state index >= 15 is 0 Å². The van der Waals surface area contributed by atoms with Gasteiger partial charge in [-0.2, -0.15) is 0 Å². The fourth-order valence-electron chi connectivity index (χ4n) is 1.97. The third-order valence-electron chi connectivity index (χ3n) is 3.06. The Bertz CT molecular complexity index is 671. The summed E-state index contributed by atoms with van der Waals surface area (Å²) in [5.74, 6) is 0.661. The standard InChI is InChI=1S/C14H18BrN3O2S/c1-2-13-16-10-14(17-13)21(19,20)18-12(9-15)8-11-6-4-3-5-7-11/h3-7,10,12,18H,2,8-9H2,1H3,(H,16,17). The fourth-order valence-corrected chi connectivity index (χ4v) is 3.75. The lowest BCUT2D eigenvalue weighted by molar-refractivity contribution is 0.559. The first-order valence-electron chi connectivity index (χ1n) is 6.71. The molecule has 2 N–H and O–H groups in total. The van der Waals surface area contributed by atoms with Gasteiger partial charge in [0.1, 0.15) is 5.82 Å². The molecule has 21 heavy (non-hydrogen) atoms. The molecule has 2 rings (SSSR count). The van der Waals surface area contributed by atoms with Crippen LogP contribution in [-0.4, -0.2) is 29.8 Å². The first kappa shape index (κ1) is 16.2. The molecule has 0 fully saturated rings. The molecule has 2 aromatic rings. The van der Waals surface area contributed by atoms with E-state index in [9.17, 15) is 8.42 Å². The van der Waals surface area contributed by atoms with Crippen LogP contribution in [0, 0.1) is 0 Å². The number of alkyl halides is 1. The molecular formula is C14H18BrN3O2S. The Hall–Kier alpha value is -1.18. The SMILES string of the molecule is CCc1ncc(S(=O)(=O)NC(CBr)Cc2ccccc2)[nH]1. The van der Waals surface area contributed by atoms with Gasteiger partial charge < -0.3 is 4.98 Å². The topological polar surface area (TPSA) is 74.8 Å². The number of hydrogen-bond donors (Lipinski definition) is 2. The summed E-state index contributed by atoms with van der Waals surface area (Å²) in [7, 11) is -3.58. The van der Waals surface area contributed by atoms with Crippen LogP contribution in [0.3, 0.4) is 0 Å². The largest absolute Gasteiger partial charge is 0.332 e. The number of aromatic nitrogens is 2. The van der Waals surface area contributed by atoms with Gasteiger partial charge in [0.25, 0.3) is 10.0 Å². The van der Waals surface area contributed by atoms with Gasteiger partial charge in [-0.25, -0.2) is 18.1 Å². The van der Waals surface area contributed by atoms with Crippen LogP contribution >= 0.6 is 15.9 Å². The minimum atomic E-state index is -3.58. The Morgan fingerprint density at radius 2 is 2.05 bits per heavy atom. The maximum absolute atomic E-state index is 12.3. The Morgan fingerprint density at radius 3 is 2.62 bits per heavy atom. The van der Waals surface area contributed by atoms with Gasteiger partial charge in [-0.3, -0.25) is 0 Å². The van der Waals surface area contributed by atoms with Crippen LogP contribution in [0.15, 0.2) is 41.6 Å². The maximum atomic E-state index is 12.3. The van der Waals surface area contributed by atoms with E-state index in [-0.39, 0.29) is 11.1 Å². The molecule has 1 atom stereocenters. The highest BCUT2D eigenvalue weighted by Gasteiger charge is 2.21. The summed E-state index contributed by atoms with van der Waals surface area (Å²) >= 11 is 3.36.